The average molecular weight is 345 g/mol. The number of rotatable bonds is 5. The largest absolute Gasteiger partial charge is 0.465 e. The van der Waals surface area contributed by atoms with E-state index >= 15 is 0 Å². The van der Waals surface area contributed by atoms with Gasteiger partial charge in [0.1, 0.15) is 5.00 Å². The molecule has 0 aliphatic heterocycles. The van der Waals surface area contributed by atoms with Gasteiger partial charge < -0.3 is 10.1 Å². The Kier molecular flexibility index (Phi) is 5.78. The van der Waals surface area contributed by atoms with Crippen molar-refractivity contribution in [3.63, 3.8) is 0 Å². The van der Waals surface area contributed by atoms with Gasteiger partial charge in [0.05, 0.1) is 19.1 Å². The van der Waals surface area contributed by atoms with Crippen LogP contribution in [0.1, 0.15) is 51.7 Å². The van der Waals surface area contributed by atoms with Gasteiger partial charge in [-0.1, -0.05) is 38.1 Å². The van der Waals surface area contributed by atoms with Crippen molar-refractivity contribution in [2.75, 3.05) is 12.4 Å². The number of methoxy groups -OCH3 is 1. The van der Waals surface area contributed by atoms with Crippen LogP contribution in [0.15, 0.2) is 24.3 Å². The van der Waals surface area contributed by atoms with Gasteiger partial charge in [0.15, 0.2) is 0 Å². The molecule has 0 saturated heterocycles. The summed E-state index contributed by atoms with van der Waals surface area (Å²) in [4.78, 5) is 25.3. The summed E-state index contributed by atoms with van der Waals surface area (Å²) in [6.45, 7) is 8.06. The van der Waals surface area contributed by atoms with Gasteiger partial charge in [-0.25, -0.2) is 4.79 Å². The summed E-state index contributed by atoms with van der Waals surface area (Å²) in [7, 11) is 1.34. The Balaban J connectivity index is 2.12. The van der Waals surface area contributed by atoms with Crippen LogP contribution in [0.5, 0.6) is 0 Å². The third-order valence-corrected chi connectivity index (χ3v) is 5.16. The molecule has 1 amide bonds. The molecule has 0 spiro atoms. The van der Waals surface area contributed by atoms with Crippen LogP contribution in [0.25, 0.3) is 0 Å². The Labute approximate surface area is 146 Å². The molecule has 1 aromatic carbocycles. The smallest absolute Gasteiger partial charge is 0.341 e. The first kappa shape index (κ1) is 18.2. The molecule has 4 nitrogen and oxygen atoms in total. The molecule has 0 aliphatic carbocycles. The molecule has 0 saturated carbocycles. The summed E-state index contributed by atoms with van der Waals surface area (Å²) < 4.78 is 4.82. The SMILES string of the molecule is COC(=O)c1c(NC(=O)Cc2ccc(C(C)C)cc2)sc(C)c1C. The summed E-state index contributed by atoms with van der Waals surface area (Å²) in [5, 5.41) is 3.41. The second-order valence-electron chi connectivity index (χ2n) is 6.10. The maximum absolute atomic E-state index is 12.3. The van der Waals surface area contributed by atoms with Crippen molar-refractivity contribution in [3.8, 4) is 0 Å². The summed E-state index contributed by atoms with van der Waals surface area (Å²) in [6.07, 6.45) is 0.273. The fourth-order valence-electron chi connectivity index (χ4n) is 2.44. The van der Waals surface area contributed by atoms with Crippen LogP contribution in [0.4, 0.5) is 5.00 Å². The molecule has 0 fully saturated rings. The Morgan fingerprint density at radius 3 is 2.33 bits per heavy atom. The normalized spacial score (nSPS) is 10.8. The van der Waals surface area contributed by atoms with Crippen molar-refractivity contribution in [1.82, 2.24) is 0 Å². The van der Waals surface area contributed by atoms with E-state index in [2.05, 4.69) is 19.2 Å². The van der Waals surface area contributed by atoms with Crippen LogP contribution in [0, 0.1) is 13.8 Å². The standard InChI is InChI=1S/C19H23NO3S/c1-11(2)15-8-6-14(7-9-15)10-16(21)20-18-17(19(22)23-5)12(3)13(4)24-18/h6-9,11H,10H2,1-5H3,(H,20,21). The first-order chi connectivity index (χ1) is 11.3. The van der Waals surface area contributed by atoms with Crippen molar-refractivity contribution >= 4 is 28.2 Å². The molecule has 1 aromatic heterocycles. The summed E-state index contributed by atoms with van der Waals surface area (Å²) in [5.74, 6) is -0.0975. The minimum absolute atomic E-state index is 0.140. The lowest BCUT2D eigenvalue weighted by atomic mass is 10.0. The number of ether oxygens (including phenoxy) is 1. The molecule has 24 heavy (non-hydrogen) atoms. The molecule has 1 N–H and O–H groups in total. The lowest BCUT2D eigenvalue weighted by Crippen LogP contribution is -2.16. The first-order valence-electron chi connectivity index (χ1n) is 7.90. The summed E-state index contributed by atoms with van der Waals surface area (Å²) in [5.41, 5.74) is 3.49. The van der Waals surface area contributed by atoms with E-state index in [0.717, 1.165) is 16.0 Å². The molecular formula is C19H23NO3S. The Hall–Kier alpha value is -2.14. The van der Waals surface area contributed by atoms with Crippen molar-refractivity contribution < 1.29 is 14.3 Å². The molecule has 1 heterocycles. The number of carbonyl (C=O) groups is 2. The number of thiophene rings is 1. The third kappa shape index (κ3) is 4.03. The molecule has 2 aromatic rings. The topological polar surface area (TPSA) is 55.4 Å². The van der Waals surface area contributed by atoms with Crippen LogP contribution in [-0.2, 0) is 16.0 Å². The molecule has 0 aliphatic rings. The van der Waals surface area contributed by atoms with Crippen molar-refractivity contribution in [2.45, 2.75) is 40.0 Å². The molecule has 0 atom stereocenters. The minimum atomic E-state index is -0.423. The highest BCUT2D eigenvalue weighted by Crippen LogP contribution is 2.33. The van der Waals surface area contributed by atoms with E-state index < -0.39 is 5.97 Å². The molecule has 0 bridgehead atoms. The van der Waals surface area contributed by atoms with Gasteiger partial charge in [-0.2, -0.15) is 0 Å². The maximum Gasteiger partial charge on any atom is 0.341 e. The first-order valence-corrected chi connectivity index (χ1v) is 8.72. The Morgan fingerprint density at radius 2 is 1.79 bits per heavy atom. The van der Waals surface area contributed by atoms with Crippen LogP contribution in [0.2, 0.25) is 0 Å². The van der Waals surface area contributed by atoms with Gasteiger partial charge in [0.2, 0.25) is 5.91 Å². The van der Waals surface area contributed by atoms with E-state index in [9.17, 15) is 9.59 Å². The van der Waals surface area contributed by atoms with E-state index in [1.54, 1.807) is 0 Å². The van der Waals surface area contributed by atoms with Gasteiger partial charge in [-0.15, -0.1) is 11.3 Å². The van der Waals surface area contributed by atoms with Crippen molar-refractivity contribution in [2.24, 2.45) is 0 Å². The van der Waals surface area contributed by atoms with Crippen molar-refractivity contribution in [1.29, 1.82) is 0 Å². The highest BCUT2D eigenvalue weighted by atomic mass is 32.1. The number of amides is 1. The lowest BCUT2D eigenvalue weighted by molar-refractivity contribution is -0.115. The average Bonchev–Trinajstić information content (AvgIpc) is 2.81. The molecule has 2 rings (SSSR count). The molecule has 0 radical (unpaired) electrons. The number of carbonyl (C=O) groups excluding carboxylic acids is 2. The number of anilines is 1. The van der Waals surface area contributed by atoms with E-state index in [0.29, 0.717) is 16.5 Å². The number of hydrogen-bond donors (Lipinski definition) is 1. The number of nitrogens with one attached hydrogen (secondary N) is 1. The number of benzene rings is 1. The maximum atomic E-state index is 12.3. The van der Waals surface area contributed by atoms with Crippen LogP contribution in [-0.4, -0.2) is 19.0 Å². The predicted molar refractivity (Wildman–Crippen MR) is 98.0 cm³/mol. The zero-order valence-electron chi connectivity index (χ0n) is 14.7. The van der Waals surface area contributed by atoms with Gasteiger partial charge in [-0.3, -0.25) is 4.79 Å². The number of hydrogen-bond acceptors (Lipinski definition) is 4. The highest BCUT2D eigenvalue weighted by Gasteiger charge is 2.21. The van der Waals surface area contributed by atoms with Gasteiger partial charge in [0.25, 0.3) is 0 Å². The number of esters is 1. The quantitative estimate of drug-likeness (QED) is 0.814. The lowest BCUT2D eigenvalue weighted by Gasteiger charge is -2.08. The Bertz CT molecular complexity index is 745. The minimum Gasteiger partial charge on any atom is -0.465 e. The molecule has 0 unspecified atom stereocenters. The second-order valence-corrected chi connectivity index (χ2v) is 7.32. The molecular weight excluding hydrogens is 322 g/mol. The fourth-order valence-corrected chi connectivity index (χ4v) is 3.50. The van der Waals surface area contributed by atoms with Crippen LogP contribution in [0.3, 0.4) is 0 Å². The summed E-state index contributed by atoms with van der Waals surface area (Å²) >= 11 is 1.40. The van der Waals surface area contributed by atoms with E-state index in [4.69, 9.17) is 4.74 Å². The third-order valence-electron chi connectivity index (χ3n) is 4.04. The molecule has 128 valence electrons. The highest BCUT2D eigenvalue weighted by molar-refractivity contribution is 7.16. The monoisotopic (exact) mass is 345 g/mol. The van der Waals surface area contributed by atoms with E-state index in [1.165, 1.54) is 24.0 Å². The summed E-state index contributed by atoms with van der Waals surface area (Å²) in [6, 6.07) is 8.04. The van der Waals surface area contributed by atoms with E-state index in [1.807, 2.05) is 38.1 Å². The zero-order chi connectivity index (χ0) is 17.9. The van der Waals surface area contributed by atoms with Gasteiger partial charge in [-0.05, 0) is 36.5 Å². The van der Waals surface area contributed by atoms with Crippen molar-refractivity contribution in [3.05, 3.63) is 51.4 Å². The molecule has 5 heteroatoms. The van der Waals surface area contributed by atoms with Gasteiger partial charge >= 0.3 is 5.97 Å². The van der Waals surface area contributed by atoms with Gasteiger partial charge in [0, 0.05) is 4.88 Å². The second kappa shape index (κ2) is 7.62. The predicted octanol–water partition coefficient (Wildman–Crippen LogP) is 4.46. The zero-order valence-corrected chi connectivity index (χ0v) is 15.5. The number of aryl methyl sites for hydroxylation is 1. The van der Waals surface area contributed by atoms with E-state index in [-0.39, 0.29) is 12.3 Å². The Morgan fingerprint density at radius 1 is 1.17 bits per heavy atom. The van der Waals surface area contributed by atoms with Crippen LogP contribution >= 0.6 is 11.3 Å². The fraction of sp³-hybridized carbons (Fsp3) is 0.368. The van der Waals surface area contributed by atoms with Crippen LogP contribution < -0.4 is 5.32 Å².